The summed E-state index contributed by atoms with van der Waals surface area (Å²) >= 11 is 0. The summed E-state index contributed by atoms with van der Waals surface area (Å²) in [5.41, 5.74) is 4.58. The van der Waals surface area contributed by atoms with E-state index in [4.69, 9.17) is 0 Å². The van der Waals surface area contributed by atoms with Gasteiger partial charge < -0.3 is 4.74 Å². The zero-order valence-corrected chi connectivity index (χ0v) is 20.3. The van der Waals surface area contributed by atoms with Gasteiger partial charge in [-0.05, 0) is 83.9 Å². The molecule has 0 spiro atoms. The average Bonchev–Trinajstić information content (AvgIpc) is 2.87. The maximum Gasteiger partial charge on any atom is 0.573 e. The summed E-state index contributed by atoms with van der Waals surface area (Å²) in [6, 6.07) is 21.2. The molecule has 0 N–H and O–H groups in total. The third kappa shape index (κ3) is 7.19. The number of hydrogen-bond donors (Lipinski definition) is 0. The molecule has 4 aromatic rings. The van der Waals surface area contributed by atoms with Gasteiger partial charge in [0.25, 0.3) is 0 Å². The summed E-state index contributed by atoms with van der Waals surface area (Å²) in [7, 11) is 0. The summed E-state index contributed by atoms with van der Waals surface area (Å²) in [5, 5.41) is 1.31. The molecule has 4 rings (SSSR count). The first kappa shape index (κ1) is 26.4. The highest BCUT2D eigenvalue weighted by molar-refractivity contribution is 5.84. The molecule has 0 heterocycles. The minimum atomic E-state index is -4.97. The van der Waals surface area contributed by atoms with Crippen molar-refractivity contribution in [2.75, 3.05) is 0 Å². The smallest absolute Gasteiger partial charge is 0.403 e. The zero-order valence-electron chi connectivity index (χ0n) is 20.3. The standard InChI is InChI=1S/C31H27F5O/c1-2-3-4-21-5-7-22(8-6-21)9-10-23-12-17-27-26(19-23)16-15-25(30(27)33)14-11-24-13-18-29(28(32)20-24)37-31(34,35)36/h2,5-8,12-13,15-20H,1,3-4,9-11,14H2. The minimum absolute atomic E-state index is 0.274. The highest BCUT2D eigenvalue weighted by Gasteiger charge is 2.32. The Bertz CT molecular complexity index is 1370. The van der Waals surface area contributed by atoms with E-state index in [0.29, 0.717) is 16.5 Å². The van der Waals surface area contributed by atoms with Crippen molar-refractivity contribution < 1.29 is 26.7 Å². The van der Waals surface area contributed by atoms with E-state index >= 15 is 4.39 Å². The second kappa shape index (κ2) is 11.6. The van der Waals surface area contributed by atoms with Crippen LogP contribution in [0.3, 0.4) is 0 Å². The summed E-state index contributed by atoms with van der Waals surface area (Å²) < 4.78 is 69.8. The van der Waals surface area contributed by atoms with E-state index in [0.717, 1.165) is 48.8 Å². The van der Waals surface area contributed by atoms with E-state index in [-0.39, 0.29) is 18.7 Å². The van der Waals surface area contributed by atoms with Crippen molar-refractivity contribution in [2.24, 2.45) is 0 Å². The fourth-order valence-electron chi connectivity index (χ4n) is 4.35. The second-order valence-corrected chi connectivity index (χ2v) is 9.05. The summed E-state index contributed by atoms with van der Waals surface area (Å²) in [6.45, 7) is 3.76. The summed E-state index contributed by atoms with van der Waals surface area (Å²) in [5.74, 6) is -2.33. The monoisotopic (exact) mass is 510 g/mol. The van der Waals surface area contributed by atoms with Crippen LogP contribution in [0, 0.1) is 11.6 Å². The molecule has 0 amide bonds. The van der Waals surface area contributed by atoms with Crippen LogP contribution in [-0.2, 0) is 32.1 Å². The molecule has 0 radical (unpaired) electrons. The number of rotatable bonds is 10. The first-order valence-electron chi connectivity index (χ1n) is 12.1. The number of halogens is 5. The number of benzene rings is 4. The van der Waals surface area contributed by atoms with Crippen molar-refractivity contribution >= 4 is 10.8 Å². The van der Waals surface area contributed by atoms with E-state index in [1.54, 1.807) is 12.1 Å². The predicted molar refractivity (Wildman–Crippen MR) is 137 cm³/mol. The largest absolute Gasteiger partial charge is 0.573 e. The highest BCUT2D eigenvalue weighted by atomic mass is 19.4. The number of hydrogen-bond acceptors (Lipinski definition) is 1. The van der Waals surface area contributed by atoms with Crippen LogP contribution in [0.5, 0.6) is 5.75 Å². The Hall–Kier alpha value is -3.67. The van der Waals surface area contributed by atoms with Gasteiger partial charge in [-0.3, -0.25) is 0 Å². The van der Waals surface area contributed by atoms with Crippen molar-refractivity contribution in [1.82, 2.24) is 0 Å². The van der Waals surface area contributed by atoms with Crippen LogP contribution >= 0.6 is 0 Å². The Morgan fingerprint density at radius 3 is 1.95 bits per heavy atom. The Kier molecular flexibility index (Phi) is 8.27. The molecule has 6 heteroatoms. The van der Waals surface area contributed by atoms with Crippen LogP contribution in [0.1, 0.15) is 34.2 Å². The molecule has 0 aliphatic heterocycles. The van der Waals surface area contributed by atoms with Gasteiger partial charge in [-0.2, -0.15) is 0 Å². The van der Waals surface area contributed by atoms with Crippen LogP contribution in [0.4, 0.5) is 22.0 Å². The minimum Gasteiger partial charge on any atom is -0.403 e. The molecule has 0 aliphatic carbocycles. The van der Waals surface area contributed by atoms with Gasteiger partial charge in [0.1, 0.15) is 5.82 Å². The van der Waals surface area contributed by atoms with E-state index < -0.39 is 17.9 Å². The van der Waals surface area contributed by atoms with Crippen molar-refractivity contribution in [3.05, 3.63) is 125 Å². The van der Waals surface area contributed by atoms with Gasteiger partial charge in [0.2, 0.25) is 0 Å². The average molecular weight is 511 g/mol. The Morgan fingerprint density at radius 2 is 1.27 bits per heavy atom. The first-order valence-corrected chi connectivity index (χ1v) is 12.1. The fraction of sp³-hybridized carbons (Fsp3) is 0.226. The Labute approximate surface area is 213 Å². The number of allylic oxidation sites excluding steroid dienone is 1. The van der Waals surface area contributed by atoms with Crippen molar-refractivity contribution in [1.29, 1.82) is 0 Å². The zero-order chi connectivity index (χ0) is 26.4. The van der Waals surface area contributed by atoms with Gasteiger partial charge in [-0.15, -0.1) is 19.8 Å². The molecule has 0 unspecified atom stereocenters. The molecule has 1 nitrogen and oxygen atoms in total. The van der Waals surface area contributed by atoms with Gasteiger partial charge in [0.05, 0.1) is 0 Å². The van der Waals surface area contributed by atoms with E-state index in [1.165, 1.54) is 17.2 Å². The molecule has 4 aromatic carbocycles. The van der Waals surface area contributed by atoms with Crippen LogP contribution in [-0.4, -0.2) is 6.36 Å². The van der Waals surface area contributed by atoms with Crippen molar-refractivity contribution in [3.63, 3.8) is 0 Å². The van der Waals surface area contributed by atoms with Crippen LogP contribution < -0.4 is 4.74 Å². The SMILES string of the molecule is C=CCCc1ccc(CCc2ccc3c(F)c(CCc4ccc(OC(F)(F)F)c(F)c4)ccc3c2)cc1. The third-order valence-corrected chi connectivity index (χ3v) is 6.37. The summed E-state index contributed by atoms with van der Waals surface area (Å²) in [4.78, 5) is 0. The molecule has 0 fully saturated rings. The van der Waals surface area contributed by atoms with Gasteiger partial charge in [-0.1, -0.05) is 66.7 Å². The van der Waals surface area contributed by atoms with Crippen LogP contribution in [0.15, 0.2) is 85.5 Å². The molecule has 37 heavy (non-hydrogen) atoms. The number of alkyl halides is 3. The number of ether oxygens (including phenoxy) is 1. The number of aryl methyl sites for hydroxylation is 5. The van der Waals surface area contributed by atoms with Crippen LogP contribution in [0.2, 0.25) is 0 Å². The van der Waals surface area contributed by atoms with Crippen LogP contribution in [0.25, 0.3) is 10.8 Å². The lowest BCUT2D eigenvalue weighted by atomic mass is 9.97. The third-order valence-electron chi connectivity index (χ3n) is 6.37. The van der Waals surface area contributed by atoms with Gasteiger partial charge >= 0.3 is 6.36 Å². The van der Waals surface area contributed by atoms with Gasteiger partial charge in [-0.25, -0.2) is 8.78 Å². The lowest BCUT2D eigenvalue weighted by Gasteiger charge is -2.11. The lowest BCUT2D eigenvalue weighted by Crippen LogP contribution is -2.18. The summed E-state index contributed by atoms with van der Waals surface area (Å²) in [6.07, 6.45) is 1.18. The number of fused-ring (bicyclic) bond motifs is 1. The predicted octanol–water partition coefficient (Wildman–Crippen LogP) is 8.71. The van der Waals surface area contributed by atoms with Gasteiger partial charge in [0, 0.05) is 5.39 Å². The molecule has 0 bridgehead atoms. The molecule has 0 atom stereocenters. The van der Waals surface area contributed by atoms with E-state index in [2.05, 4.69) is 35.6 Å². The normalized spacial score (nSPS) is 11.6. The van der Waals surface area contributed by atoms with Crippen molar-refractivity contribution in [3.8, 4) is 5.75 Å². The Balaban J connectivity index is 1.39. The molecule has 0 aliphatic rings. The van der Waals surface area contributed by atoms with Gasteiger partial charge in [0.15, 0.2) is 11.6 Å². The quantitative estimate of drug-likeness (QED) is 0.153. The lowest BCUT2D eigenvalue weighted by molar-refractivity contribution is -0.275. The maximum atomic E-state index is 15.2. The van der Waals surface area contributed by atoms with Crippen molar-refractivity contribution in [2.45, 2.75) is 44.9 Å². The van der Waals surface area contributed by atoms with E-state index in [9.17, 15) is 17.6 Å². The molecule has 0 saturated heterocycles. The second-order valence-electron chi connectivity index (χ2n) is 9.05. The molecule has 0 saturated carbocycles. The molecule has 192 valence electrons. The highest BCUT2D eigenvalue weighted by Crippen LogP contribution is 2.28. The Morgan fingerprint density at radius 1 is 0.676 bits per heavy atom. The molecular formula is C31H27F5O. The maximum absolute atomic E-state index is 15.2. The molecular weight excluding hydrogens is 483 g/mol. The fourth-order valence-corrected chi connectivity index (χ4v) is 4.35. The topological polar surface area (TPSA) is 9.23 Å². The van der Waals surface area contributed by atoms with E-state index in [1.807, 2.05) is 24.3 Å². The first-order chi connectivity index (χ1) is 17.7. The molecule has 0 aromatic heterocycles.